The summed E-state index contributed by atoms with van der Waals surface area (Å²) in [7, 11) is 0. The van der Waals surface area contributed by atoms with Crippen LogP contribution in [-0.4, -0.2) is 28.2 Å². The monoisotopic (exact) mass is 384 g/mol. The number of benzene rings is 2. The number of aryl methyl sites for hydroxylation is 1. The molecule has 0 saturated heterocycles. The van der Waals surface area contributed by atoms with Crippen molar-refractivity contribution < 1.29 is 19.4 Å². The fourth-order valence-electron chi connectivity index (χ4n) is 2.69. The van der Waals surface area contributed by atoms with Crippen molar-refractivity contribution in [3.05, 3.63) is 58.4 Å². The van der Waals surface area contributed by atoms with Gasteiger partial charge in [0.15, 0.2) is 4.80 Å². The summed E-state index contributed by atoms with van der Waals surface area (Å²) >= 11 is 1.27. The molecule has 0 radical (unpaired) electrons. The van der Waals surface area contributed by atoms with Crippen molar-refractivity contribution in [2.45, 2.75) is 26.8 Å². The summed E-state index contributed by atoms with van der Waals surface area (Å²) < 4.78 is 7.90. The number of rotatable bonds is 5. The summed E-state index contributed by atoms with van der Waals surface area (Å²) in [6, 6.07) is 11.7. The van der Waals surface area contributed by atoms with E-state index in [0.29, 0.717) is 28.2 Å². The third-order valence-electron chi connectivity index (χ3n) is 4.15. The van der Waals surface area contributed by atoms with E-state index in [0.717, 1.165) is 10.3 Å². The Balaban J connectivity index is 2.17. The minimum absolute atomic E-state index is 0.346. The summed E-state index contributed by atoms with van der Waals surface area (Å²) in [4.78, 5) is 28.7. The molecule has 0 aliphatic carbocycles. The van der Waals surface area contributed by atoms with Gasteiger partial charge in [-0.15, -0.1) is 0 Å². The number of hydrogen-bond donors (Lipinski definition) is 1. The minimum Gasteiger partial charge on any atom is -0.494 e. The molecule has 1 unspecified atom stereocenters. The lowest BCUT2D eigenvalue weighted by Gasteiger charge is -2.10. The van der Waals surface area contributed by atoms with Gasteiger partial charge >= 0.3 is 5.97 Å². The molecular formula is C20H20N2O4S. The maximum absolute atomic E-state index is 12.6. The average molecular weight is 384 g/mol. The van der Waals surface area contributed by atoms with Crippen molar-refractivity contribution in [3.63, 3.8) is 0 Å². The van der Waals surface area contributed by atoms with Crippen LogP contribution in [-0.2, 0) is 4.79 Å². The molecule has 2 aromatic carbocycles. The fourth-order valence-corrected chi connectivity index (χ4v) is 3.82. The first kappa shape index (κ1) is 18.8. The Morgan fingerprint density at radius 1 is 1.22 bits per heavy atom. The summed E-state index contributed by atoms with van der Waals surface area (Å²) in [5, 5.41) is 9.49. The van der Waals surface area contributed by atoms with E-state index in [1.165, 1.54) is 11.3 Å². The Morgan fingerprint density at radius 3 is 2.56 bits per heavy atom. The van der Waals surface area contributed by atoms with Crippen molar-refractivity contribution in [1.82, 2.24) is 4.57 Å². The van der Waals surface area contributed by atoms with Gasteiger partial charge in [0.05, 0.1) is 16.8 Å². The van der Waals surface area contributed by atoms with Crippen LogP contribution in [0.1, 0.15) is 35.8 Å². The van der Waals surface area contributed by atoms with Crippen LogP contribution >= 0.6 is 11.3 Å². The smallest absolute Gasteiger partial charge is 0.326 e. The van der Waals surface area contributed by atoms with Gasteiger partial charge in [-0.05, 0) is 51.1 Å². The predicted molar refractivity (Wildman–Crippen MR) is 104 cm³/mol. The van der Waals surface area contributed by atoms with Crippen LogP contribution in [0.4, 0.5) is 0 Å². The molecule has 6 nitrogen and oxygen atoms in total. The third-order valence-corrected chi connectivity index (χ3v) is 5.17. The van der Waals surface area contributed by atoms with Crippen molar-refractivity contribution in [2.75, 3.05) is 6.61 Å². The van der Waals surface area contributed by atoms with Crippen LogP contribution in [0.5, 0.6) is 5.75 Å². The molecular weight excluding hydrogens is 364 g/mol. The van der Waals surface area contributed by atoms with Crippen molar-refractivity contribution in [2.24, 2.45) is 4.99 Å². The number of aliphatic carboxylic acids is 1. The van der Waals surface area contributed by atoms with Gasteiger partial charge in [0, 0.05) is 5.56 Å². The van der Waals surface area contributed by atoms with Crippen molar-refractivity contribution in [3.8, 4) is 5.75 Å². The van der Waals surface area contributed by atoms with Crippen LogP contribution in [0.3, 0.4) is 0 Å². The van der Waals surface area contributed by atoms with E-state index in [9.17, 15) is 14.7 Å². The highest BCUT2D eigenvalue weighted by molar-refractivity contribution is 7.16. The molecule has 1 amide bonds. The molecule has 3 aromatic rings. The van der Waals surface area contributed by atoms with Crippen LogP contribution in [0.15, 0.2) is 47.5 Å². The SMILES string of the molecule is CCOc1ccc2c(c1)s/c(=N\C(=O)c1ccc(C)cc1)n2C(C)C(=O)O. The van der Waals surface area contributed by atoms with Crippen LogP contribution in [0.2, 0.25) is 0 Å². The average Bonchev–Trinajstić information content (AvgIpc) is 2.98. The minimum atomic E-state index is -0.993. The molecule has 0 fully saturated rings. The number of amides is 1. The molecule has 140 valence electrons. The number of carboxylic acid groups (broad SMARTS) is 1. The highest BCUT2D eigenvalue weighted by Crippen LogP contribution is 2.26. The molecule has 0 aliphatic heterocycles. The molecule has 3 rings (SSSR count). The number of ether oxygens (including phenoxy) is 1. The first-order valence-electron chi connectivity index (χ1n) is 8.57. The van der Waals surface area contributed by atoms with Gasteiger partial charge in [-0.1, -0.05) is 29.0 Å². The summed E-state index contributed by atoms with van der Waals surface area (Å²) in [5.74, 6) is -0.705. The maximum Gasteiger partial charge on any atom is 0.326 e. The first-order valence-corrected chi connectivity index (χ1v) is 9.38. The third kappa shape index (κ3) is 3.93. The van der Waals surface area contributed by atoms with E-state index in [-0.39, 0.29) is 0 Å². The Morgan fingerprint density at radius 2 is 1.93 bits per heavy atom. The van der Waals surface area contributed by atoms with Gasteiger partial charge in [-0.2, -0.15) is 4.99 Å². The zero-order valence-corrected chi connectivity index (χ0v) is 16.1. The number of nitrogens with zero attached hydrogens (tertiary/aromatic N) is 2. The summed E-state index contributed by atoms with van der Waals surface area (Å²) in [6.07, 6.45) is 0. The maximum atomic E-state index is 12.6. The standard InChI is InChI=1S/C20H20N2O4S/c1-4-26-15-9-10-16-17(11-15)27-20(22(16)13(3)19(24)25)21-18(23)14-7-5-12(2)6-8-14/h5-11,13H,4H2,1-3H3,(H,24,25)/b21-20-. The van der Waals surface area contributed by atoms with Crippen LogP contribution in [0.25, 0.3) is 10.2 Å². The Kier molecular flexibility index (Phi) is 5.41. The largest absolute Gasteiger partial charge is 0.494 e. The van der Waals surface area contributed by atoms with E-state index < -0.39 is 17.9 Å². The highest BCUT2D eigenvalue weighted by Gasteiger charge is 2.19. The quantitative estimate of drug-likeness (QED) is 0.726. The molecule has 1 atom stereocenters. The van der Waals surface area contributed by atoms with Crippen LogP contribution < -0.4 is 9.54 Å². The highest BCUT2D eigenvalue weighted by atomic mass is 32.1. The van der Waals surface area contributed by atoms with E-state index in [2.05, 4.69) is 4.99 Å². The lowest BCUT2D eigenvalue weighted by Crippen LogP contribution is -2.25. The molecule has 0 saturated carbocycles. The fraction of sp³-hybridized carbons (Fsp3) is 0.250. The van der Waals surface area contributed by atoms with Gasteiger partial charge in [0.2, 0.25) is 0 Å². The molecule has 0 aliphatic rings. The topological polar surface area (TPSA) is 80.9 Å². The van der Waals surface area contributed by atoms with E-state index in [1.54, 1.807) is 35.8 Å². The van der Waals surface area contributed by atoms with Gasteiger partial charge in [-0.3, -0.25) is 4.79 Å². The van der Waals surface area contributed by atoms with Gasteiger partial charge < -0.3 is 14.4 Å². The van der Waals surface area contributed by atoms with Crippen molar-refractivity contribution in [1.29, 1.82) is 0 Å². The Labute approximate surface area is 160 Å². The number of carboxylic acids is 1. The van der Waals surface area contributed by atoms with Crippen molar-refractivity contribution >= 4 is 33.4 Å². The second-order valence-corrected chi connectivity index (χ2v) is 7.12. The number of fused-ring (bicyclic) bond motifs is 1. The molecule has 0 bridgehead atoms. The second-order valence-electron chi connectivity index (χ2n) is 6.11. The van der Waals surface area contributed by atoms with Gasteiger partial charge in [0.25, 0.3) is 5.91 Å². The summed E-state index contributed by atoms with van der Waals surface area (Å²) in [6.45, 7) is 5.94. The molecule has 0 spiro atoms. The van der Waals surface area contributed by atoms with Gasteiger partial charge in [-0.25, -0.2) is 4.79 Å². The zero-order valence-electron chi connectivity index (χ0n) is 15.3. The zero-order chi connectivity index (χ0) is 19.6. The number of aromatic nitrogens is 1. The number of thiazole rings is 1. The Bertz CT molecular complexity index is 1060. The van der Waals surface area contributed by atoms with E-state index >= 15 is 0 Å². The van der Waals surface area contributed by atoms with Gasteiger partial charge in [0.1, 0.15) is 11.8 Å². The number of hydrogen-bond acceptors (Lipinski definition) is 4. The number of carbonyl (C=O) groups is 2. The van der Waals surface area contributed by atoms with Crippen LogP contribution in [0, 0.1) is 6.92 Å². The molecule has 1 heterocycles. The molecule has 1 N–H and O–H groups in total. The Hall–Kier alpha value is -2.93. The predicted octanol–water partition coefficient (Wildman–Crippen LogP) is 3.80. The molecule has 27 heavy (non-hydrogen) atoms. The summed E-state index contributed by atoms with van der Waals surface area (Å²) in [5.41, 5.74) is 2.21. The molecule has 1 aromatic heterocycles. The molecule has 7 heteroatoms. The second kappa shape index (κ2) is 7.75. The van der Waals surface area contributed by atoms with E-state index in [1.807, 2.05) is 32.0 Å². The lowest BCUT2D eigenvalue weighted by atomic mass is 10.1. The lowest BCUT2D eigenvalue weighted by molar-refractivity contribution is -0.140. The first-order chi connectivity index (χ1) is 12.9. The number of carbonyl (C=O) groups excluding carboxylic acids is 1. The van der Waals surface area contributed by atoms with E-state index in [4.69, 9.17) is 4.74 Å². The normalized spacial score (nSPS) is 12.9.